The summed E-state index contributed by atoms with van der Waals surface area (Å²) in [7, 11) is 0. The van der Waals surface area contributed by atoms with Crippen molar-refractivity contribution < 1.29 is 13.6 Å². The number of hydrogen-bond acceptors (Lipinski definition) is 2. The van der Waals surface area contributed by atoms with E-state index in [2.05, 4.69) is 9.97 Å². The number of halogens is 2. The monoisotopic (exact) mass is 339 g/mol. The second-order valence-electron chi connectivity index (χ2n) is 5.96. The summed E-state index contributed by atoms with van der Waals surface area (Å²) in [6.45, 7) is 0.853. The molecule has 3 heterocycles. The topological polar surface area (TPSA) is 49.0 Å². The van der Waals surface area contributed by atoms with E-state index < -0.39 is 17.5 Å². The fraction of sp³-hybridized carbons (Fsp3) is 0.158. The first-order valence-corrected chi connectivity index (χ1v) is 7.99. The highest BCUT2D eigenvalue weighted by Crippen LogP contribution is 2.28. The number of fused-ring (bicyclic) bond motifs is 1. The van der Waals surface area contributed by atoms with Gasteiger partial charge < -0.3 is 9.88 Å². The van der Waals surface area contributed by atoms with Crippen molar-refractivity contribution in [2.45, 2.75) is 6.42 Å². The van der Waals surface area contributed by atoms with Crippen molar-refractivity contribution in [2.24, 2.45) is 0 Å². The SMILES string of the molecule is O=C(c1ccc(F)cc1F)N1CC=C(c2c[nH]c3cccnc23)CC1. The maximum absolute atomic E-state index is 13.8. The summed E-state index contributed by atoms with van der Waals surface area (Å²) >= 11 is 0. The fourth-order valence-electron chi connectivity index (χ4n) is 3.13. The highest BCUT2D eigenvalue weighted by atomic mass is 19.1. The third kappa shape index (κ3) is 2.80. The third-order valence-electron chi connectivity index (χ3n) is 4.44. The number of nitrogens with one attached hydrogen (secondary N) is 1. The van der Waals surface area contributed by atoms with Gasteiger partial charge in [0, 0.05) is 37.1 Å². The Morgan fingerprint density at radius 1 is 1.24 bits per heavy atom. The molecule has 1 N–H and O–H groups in total. The molecule has 0 aliphatic carbocycles. The summed E-state index contributed by atoms with van der Waals surface area (Å²) in [5.74, 6) is -1.95. The average Bonchev–Trinajstić information content (AvgIpc) is 3.05. The van der Waals surface area contributed by atoms with Crippen LogP contribution in [0.5, 0.6) is 0 Å². The molecule has 4 nitrogen and oxygen atoms in total. The van der Waals surface area contributed by atoms with Gasteiger partial charge in [-0.15, -0.1) is 0 Å². The molecule has 1 aromatic carbocycles. The van der Waals surface area contributed by atoms with Gasteiger partial charge in [-0.05, 0) is 36.3 Å². The van der Waals surface area contributed by atoms with Gasteiger partial charge in [-0.2, -0.15) is 0 Å². The highest BCUT2D eigenvalue weighted by Gasteiger charge is 2.23. The minimum absolute atomic E-state index is 0.105. The number of hydrogen-bond donors (Lipinski definition) is 1. The summed E-state index contributed by atoms with van der Waals surface area (Å²) in [5.41, 5.74) is 3.89. The number of amides is 1. The van der Waals surface area contributed by atoms with Crippen LogP contribution in [0, 0.1) is 11.6 Å². The third-order valence-corrected chi connectivity index (χ3v) is 4.44. The lowest BCUT2D eigenvalue weighted by molar-refractivity contribution is 0.0768. The Morgan fingerprint density at radius 3 is 2.88 bits per heavy atom. The van der Waals surface area contributed by atoms with Crippen LogP contribution in [0.1, 0.15) is 22.3 Å². The number of aromatic amines is 1. The zero-order chi connectivity index (χ0) is 17.4. The molecule has 0 saturated heterocycles. The van der Waals surface area contributed by atoms with E-state index in [1.165, 1.54) is 6.07 Å². The van der Waals surface area contributed by atoms with Crippen molar-refractivity contribution in [1.29, 1.82) is 0 Å². The molecule has 0 saturated carbocycles. The summed E-state index contributed by atoms with van der Waals surface area (Å²) in [4.78, 5) is 21.6. The number of carbonyl (C=O) groups is 1. The van der Waals surface area contributed by atoms with E-state index in [4.69, 9.17) is 0 Å². The van der Waals surface area contributed by atoms with Crippen LogP contribution in [-0.4, -0.2) is 33.9 Å². The van der Waals surface area contributed by atoms with Crippen molar-refractivity contribution >= 4 is 22.5 Å². The zero-order valence-corrected chi connectivity index (χ0v) is 13.3. The molecular formula is C19H15F2N3O. The molecule has 0 radical (unpaired) electrons. The molecule has 0 unspecified atom stereocenters. The Morgan fingerprint density at radius 2 is 2.12 bits per heavy atom. The van der Waals surface area contributed by atoms with Gasteiger partial charge in [-0.3, -0.25) is 9.78 Å². The van der Waals surface area contributed by atoms with Crippen LogP contribution in [0.4, 0.5) is 8.78 Å². The first kappa shape index (κ1) is 15.5. The molecule has 0 atom stereocenters. The molecule has 126 valence electrons. The smallest absolute Gasteiger partial charge is 0.257 e. The molecule has 0 bridgehead atoms. The van der Waals surface area contributed by atoms with Gasteiger partial charge in [0.25, 0.3) is 5.91 Å². The number of rotatable bonds is 2. The Kier molecular flexibility index (Phi) is 3.80. The van der Waals surface area contributed by atoms with Crippen LogP contribution in [0.25, 0.3) is 16.6 Å². The Hall–Kier alpha value is -3.02. The number of benzene rings is 1. The molecule has 6 heteroatoms. The molecule has 1 aliphatic heterocycles. The average molecular weight is 339 g/mol. The maximum atomic E-state index is 13.8. The largest absolute Gasteiger partial charge is 0.359 e. The van der Waals surface area contributed by atoms with Crippen molar-refractivity contribution in [2.75, 3.05) is 13.1 Å². The fourth-order valence-corrected chi connectivity index (χ4v) is 3.13. The van der Waals surface area contributed by atoms with Gasteiger partial charge >= 0.3 is 0 Å². The Bertz CT molecular complexity index is 993. The summed E-state index contributed by atoms with van der Waals surface area (Å²) in [6.07, 6.45) is 6.27. The lowest BCUT2D eigenvalue weighted by Crippen LogP contribution is -2.35. The van der Waals surface area contributed by atoms with E-state index in [1.807, 2.05) is 24.4 Å². The van der Waals surface area contributed by atoms with E-state index >= 15 is 0 Å². The summed E-state index contributed by atoms with van der Waals surface area (Å²) in [6, 6.07) is 6.85. The Labute approximate surface area is 142 Å². The molecule has 1 aliphatic rings. The molecule has 2 aromatic heterocycles. The minimum atomic E-state index is -0.833. The number of nitrogens with zero attached hydrogens (tertiary/aromatic N) is 2. The van der Waals surface area contributed by atoms with Gasteiger partial charge in [0.05, 0.1) is 16.6 Å². The molecular weight excluding hydrogens is 324 g/mol. The van der Waals surface area contributed by atoms with Gasteiger partial charge in [0.15, 0.2) is 0 Å². The van der Waals surface area contributed by atoms with E-state index in [1.54, 1.807) is 11.1 Å². The van der Waals surface area contributed by atoms with Crippen LogP contribution in [0.15, 0.2) is 48.8 Å². The van der Waals surface area contributed by atoms with Crippen LogP contribution in [0.2, 0.25) is 0 Å². The summed E-state index contributed by atoms with van der Waals surface area (Å²) in [5, 5.41) is 0. The maximum Gasteiger partial charge on any atom is 0.257 e. The van der Waals surface area contributed by atoms with E-state index in [0.29, 0.717) is 19.5 Å². The second-order valence-corrected chi connectivity index (χ2v) is 5.96. The standard InChI is InChI=1S/C19H15F2N3O/c20-13-3-4-14(16(21)10-13)19(25)24-8-5-12(6-9-24)15-11-23-17-2-1-7-22-18(15)17/h1-5,7,10-11,23H,6,8-9H2. The molecule has 25 heavy (non-hydrogen) atoms. The molecule has 1 amide bonds. The zero-order valence-electron chi connectivity index (χ0n) is 13.3. The summed E-state index contributed by atoms with van der Waals surface area (Å²) < 4.78 is 26.8. The molecule has 0 spiro atoms. The number of aromatic nitrogens is 2. The quantitative estimate of drug-likeness (QED) is 0.773. The molecule has 3 aromatic rings. The van der Waals surface area contributed by atoms with Crippen molar-refractivity contribution in [3.63, 3.8) is 0 Å². The van der Waals surface area contributed by atoms with Gasteiger partial charge in [0.2, 0.25) is 0 Å². The van der Waals surface area contributed by atoms with E-state index in [9.17, 15) is 13.6 Å². The van der Waals surface area contributed by atoms with Crippen molar-refractivity contribution in [3.05, 3.63) is 71.6 Å². The lowest BCUT2D eigenvalue weighted by atomic mass is 10.0. The van der Waals surface area contributed by atoms with E-state index in [0.717, 1.165) is 34.3 Å². The minimum Gasteiger partial charge on any atom is -0.359 e. The van der Waals surface area contributed by atoms with Gasteiger partial charge in [0.1, 0.15) is 11.6 Å². The predicted octanol–water partition coefficient (Wildman–Crippen LogP) is 3.77. The van der Waals surface area contributed by atoms with Crippen LogP contribution >= 0.6 is 0 Å². The van der Waals surface area contributed by atoms with Crippen LogP contribution in [0.3, 0.4) is 0 Å². The normalized spacial score (nSPS) is 14.6. The molecule has 4 rings (SSSR count). The number of pyridine rings is 1. The van der Waals surface area contributed by atoms with Gasteiger partial charge in [-0.25, -0.2) is 8.78 Å². The van der Waals surface area contributed by atoms with Gasteiger partial charge in [-0.1, -0.05) is 6.08 Å². The van der Waals surface area contributed by atoms with Crippen molar-refractivity contribution in [3.8, 4) is 0 Å². The molecule has 0 fully saturated rings. The lowest BCUT2D eigenvalue weighted by Gasteiger charge is -2.26. The Balaban J connectivity index is 1.56. The first-order valence-electron chi connectivity index (χ1n) is 7.99. The highest BCUT2D eigenvalue weighted by molar-refractivity contribution is 5.95. The number of carbonyl (C=O) groups excluding carboxylic acids is 1. The second kappa shape index (κ2) is 6.12. The van der Waals surface area contributed by atoms with Crippen LogP contribution in [-0.2, 0) is 0 Å². The first-order chi connectivity index (χ1) is 12.1. The van der Waals surface area contributed by atoms with E-state index in [-0.39, 0.29) is 5.56 Å². The predicted molar refractivity (Wildman–Crippen MR) is 90.9 cm³/mol. The van der Waals surface area contributed by atoms with Crippen LogP contribution < -0.4 is 0 Å². The number of H-pyrrole nitrogens is 1. The van der Waals surface area contributed by atoms with Crippen molar-refractivity contribution in [1.82, 2.24) is 14.9 Å².